The van der Waals surface area contributed by atoms with Crippen molar-refractivity contribution in [1.82, 2.24) is 0 Å². The molecule has 0 aromatic rings. The number of hydrogen-bond donors (Lipinski definition) is 1. The van der Waals surface area contributed by atoms with Gasteiger partial charge in [0.1, 0.15) is 0 Å². The molecule has 58 valence electrons. The fourth-order valence-electron chi connectivity index (χ4n) is 0.385. The molecular weight excluding hydrogens is 124 g/mol. The Kier molecular flexibility index (Phi) is 3.46. The van der Waals surface area contributed by atoms with Crippen molar-refractivity contribution in [2.24, 2.45) is 11.3 Å². The summed E-state index contributed by atoms with van der Waals surface area (Å²) in [4.78, 5) is 0. The van der Waals surface area contributed by atoms with Crippen LogP contribution in [0, 0.1) is 23.2 Å². The van der Waals surface area contributed by atoms with Crippen molar-refractivity contribution in [2.45, 2.75) is 27.7 Å². The van der Waals surface area contributed by atoms with Crippen LogP contribution < -0.4 is 0 Å². The summed E-state index contributed by atoms with van der Waals surface area (Å²) in [5.74, 6) is 6.15. The minimum Gasteiger partial charge on any atom is -0.395 e. The van der Waals surface area contributed by atoms with Gasteiger partial charge in [-0.1, -0.05) is 11.8 Å². The Morgan fingerprint density at radius 2 is 1.90 bits per heavy atom. The second kappa shape index (κ2) is 3.63. The minimum absolute atomic E-state index is 0.0590. The number of rotatable bonds is 1. The third-order valence-corrected chi connectivity index (χ3v) is 0.967. The highest BCUT2D eigenvalue weighted by Crippen LogP contribution is 2.10. The van der Waals surface area contributed by atoms with Crippen LogP contribution in [0.5, 0.6) is 0 Å². The summed E-state index contributed by atoms with van der Waals surface area (Å²) in [5, 5.41) is 8.63. The quantitative estimate of drug-likeness (QED) is 0.549. The number of aliphatic hydroxyl groups excluding tert-OH is 1. The normalized spacial score (nSPS) is 13.7. The van der Waals surface area contributed by atoms with Crippen LogP contribution in [-0.2, 0) is 0 Å². The van der Waals surface area contributed by atoms with Crippen LogP contribution in [-0.4, -0.2) is 11.7 Å². The van der Waals surface area contributed by atoms with Gasteiger partial charge in [0.2, 0.25) is 0 Å². The molecule has 1 heteroatoms. The lowest BCUT2D eigenvalue weighted by Crippen LogP contribution is -2.02. The molecule has 1 N–H and O–H groups in total. The first-order chi connectivity index (χ1) is 4.45. The first-order valence-electron chi connectivity index (χ1n) is 3.59. The highest BCUT2D eigenvalue weighted by molar-refractivity contribution is 5.09. The highest BCUT2D eigenvalue weighted by Gasteiger charge is 2.03. The summed E-state index contributed by atoms with van der Waals surface area (Å²) in [6, 6.07) is 0. The summed E-state index contributed by atoms with van der Waals surface area (Å²) in [5.41, 5.74) is 0.0590. The molecule has 0 heterocycles. The van der Waals surface area contributed by atoms with Gasteiger partial charge in [-0.25, -0.2) is 0 Å². The third kappa shape index (κ3) is 5.65. The van der Waals surface area contributed by atoms with Crippen LogP contribution in [0.25, 0.3) is 0 Å². The lowest BCUT2D eigenvalue weighted by Gasteiger charge is -2.07. The maximum Gasteiger partial charge on any atom is 0.0566 e. The van der Waals surface area contributed by atoms with Gasteiger partial charge < -0.3 is 5.11 Å². The molecule has 0 aliphatic rings. The van der Waals surface area contributed by atoms with E-state index in [4.69, 9.17) is 5.11 Å². The lowest BCUT2D eigenvalue weighted by atomic mass is 9.97. The predicted molar refractivity (Wildman–Crippen MR) is 43.5 cm³/mol. The topological polar surface area (TPSA) is 20.2 Å². The van der Waals surface area contributed by atoms with Gasteiger partial charge in [0.05, 0.1) is 6.61 Å². The third-order valence-electron chi connectivity index (χ3n) is 0.967. The van der Waals surface area contributed by atoms with Crippen LogP contribution in [0.4, 0.5) is 0 Å². The van der Waals surface area contributed by atoms with Crippen LogP contribution in [0.15, 0.2) is 0 Å². The van der Waals surface area contributed by atoms with E-state index in [1.165, 1.54) is 0 Å². The van der Waals surface area contributed by atoms with Gasteiger partial charge in [-0.15, -0.1) is 0 Å². The molecule has 1 atom stereocenters. The van der Waals surface area contributed by atoms with Crippen LogP contribution in [0.1, 0.15) is 27.7 Å². The van der Waals surface area contributed by atoms with Crippen molar-refractivity contribution in [2.75, 3.05) is 6.61 Å². The molecule has 0 aromatic carbocycles. The molecule has 0 aliphatic heterocycles. The van der Waals surface area contributed by atoms with E-state index >= 15 is 0 Å². The molecule has 0 radical (unpaired) electrons. The smallest absolute Gasteiger partial charge is 0.0566 e. The monoisotopic (exact) mass is 140 g/mol. The largest absolute Gasteiger partial charge is 0.395 e. The number of aliphatic hydroxyl groups is 1. The predicted octanol–water partition coefficient (Wildman–Crippen LogP) is 1.66. The van der Waals surface area contributed by atoms with Gasteiger partial charge in [0.15, 0.2) is 0 Å². The average Bonchev–Trinajstić information content (AvgIpc) is 1.81. The van der Waals surface area contributed by atoms with Gasteiger partial charge in [-0.3, -0.25) is 0 Å². The van der Waals surface area contributed by atoms with E-state index in [1.54, 1.807) is 0 Å². The minimum atomic E-state index is 0.0590. The van der Waals surface area contributed by atoms with Crippen LogP contribution >= 0.6 is 0 Å². The summed E-state index contributed by atoms with van der Waals surface area (Å²) in [6.07, 6.45) is 0. The van der Waals surface area contributed by atoms with Crippen molar-refractivity contribution in [3.8, 4) is 11.8 Å². The Morgan fingerprint density at radius 1 is 1.40 bits per heavy atom. The van der Waals surface area contributed by atoms with Crippen molar-refractivity contribution in [3.63, 3.8) is 0 Å². The molecule has 1 unspecified atom stereocenters. The Bertz CT molecular complexity index is 142. The maximum absolute atomic E-state index is 8.63. The van der Waals surface area contributed by atoms with E-state index in [-0.39, 0.29) is 17.9 Å². The maximum atomic E-state index is 8.63. The van der Waals surface area contributed by atoms with E-state index < -0.39 is 0 Å². The SMILES string of the molecule is CC(C#CC(C)(C)C)CO. The zero-order chi connectivity index (χ0) is 8.20. The molecule has 0 aliphatic carbocycles. The van der Waals surface area contributed by atoms with Gasteiger partial charge in [0.25, 0.3) is 0 Å². The van der Waals surface area contributed by atoms with Gasteiger partial charge >= 0.3 is 0 Å². The first kappa shape index (κ1) is 9.52. The molecule has 0 spiro atoms. The fraction of sp³-hybridized carbons (Fsp3) is 0.778. The first-order valence-corrected chi connectivity index (χ1v) is 3.59. The summed E-state index contributed by atoms with van der Waals surface area (Å²) in [6.45, 7) is 8.25. The molecule has 0 amide bonds. The van der Waals surface area contributed by atoms with Gasteiger partial charge in [-0.2, -0.15) is 0 Å². The molecule has 0 bridgehead atoms. The van der Waals surface area contributed by atoms with Gasteiger partial charge in [-0.05, 0) is 27.7 Å². The zero-order valence-corrected chi connectivity index (χ0v) is 7.23. The van der Waals surface area contributed by atoms with E-state index in [9.17, 15) is 0 Å². The average molecular weight is 140 g/mol. The van der Waals surface area contributed by atoms with E-state index in [0.29, 0.717) is 0 Å². The van der Waals surface area contributed by atoms with E-state index in [1.807, 2.05) is 6.92 Å². The Balaban J connectivity index is 3.91. The summed E-state index contributed by atoms with van der Waals surface area (Å²) >= 11 is 0. The van der Waals surface area contributed by atoms with Crippen molar-refractivity contribution in [3.05, 3.63) is 0 Å². The Hall–Kier alpha value is -0.480. The molecule has 1 nitrogen and oxygen atoms in total. The van der Waals surface area contributed by atoms with Crippen molar-refractivity contribution >= 4 is 0 Å². The van der Waals surface area contributed by atoms with Gasteiger partial charge in [0, 0.05) is 11.3 Å². The molecule has 0 aromatic heterocycles. The Labute approximate surface area is 63.5 Å². The van der Waals surface area contributed by atoms with Crippen LogP contribution in [0.3, 0.4) is 0 Å². The zero-order valence-electron chi connectivity index (χ0n) is 7.23. The lowest BCUT2D eigenvalue weighted by molar-refractivity contribution is 0.266. The van der Waals surface area contributed by atoms with Crippen molar-refractivity contribution in [1.29, 1.82) is 0 Å². The molecule has 0 saturated carbocycles. The van der Waals surface area contributed by atoms with Crippen LogP contribution in [0.2, 0.25) is 0 Å². The fourth-order valence-corrected chi connectivity index (χ4v) is 0.385. The van der Waals surface area contributed by atoms with E-state index in [0.717, 1.165) is 0 Å². The van der Waals surface area contributed by atoms with E-state index in [2.05, 4.69) is 32.6 Å². The van der Waals surface area contributed by atoms with Crippen molar-refractivity contribution < 1.29 is 5.11 Å². The standard InChI is InChI=1S/C9H16O/c1-8(7-10)5-6-9(2,3)4/h8,10H,7H2,1-4H3. The summed E-state index contributed by atoms with van der Waals surface area (Å²) < 4.78 is 0. The second-order valence-corrected chi connectivity index (χ2v) is 3.60. The second-order valence-electron chi connectivity index (χ2n) is 3.60. The summed E-state index contributed by atoms with van der Waals surface area (Å²) in [7, 11) is 0. The molecule has 10 heavy (non-hydrogen) atoms. The molecule has 0 saturated heterocycles. The molecule has 0 fully saturated rings. The number of hydrogen-bond acceptors (Lipinski definition) is 1. The Morgan fingerprint density at radius 3 is 2.20 bits per heavy atom. The molecular formula is C9H16O. The highest BCUT2D eigenvalue weighted by atomic mass is 16.3. The molecule has 0 rings (SSSR count).